The van der Waals surface area contributed by atoms with Crippen molar-refractivity contribution in [2.75, 3.05) is 6.61 Å². The summed E-state index contributed by atoms with van der Waals surface area (Å²) in [6.45, 7) is 9.25. The van der Waals surface area contributed by atoms with Gasteiger partial charge < -0.3 is 9.47 Å². The van der Waals surface area contributed by atoms with E-state index in [0.29, 0.717) is 18.9 Å². The SMILES string of the molecule is CCCCCCCCCCCCCCC(CCCCCCCCCCCC)CC(=O)OC(C)OCCCC. The highest BCUT2D eigenvalue weighted by molar-refractivity contribution is 5.69. The van der Waals surface area contributed by atoms with Crippen LogP contribution in [-0.2, 0) is 14.3 Å². The molecule has 0 aliphatic rings. The summed E-state index contributed by atoms with van der Waals surface area (Å²) >= 11 is 0. The number of ether oxygens (including phenoxy) is 2. The third-order valence-corrected chi connectivity index (χ3v) is 8.04. The normalized spacial score (nSPS) is 13.1. The zero-order chi connectivity index (χ0) is 27.9. The monoisotopic (exact) mass is 539 g/mol. The van der Waals surface area contributed by atoms with Gasteiger partial charge in [-0.1, -0.05) is 168 Å². The molecule has 0 aliphatic carbocycles. The third kappa shape index (κ3) is 28.4. The molecule has 0 saturated carbocycles. The number of carbonyl (C=O) groups excluding carboxylic acids is 1. The molecule has 228 valence electrons. The van der Waals surface area contributed by atoms with Gasteiger partial charge in [0.05, 0.1) is 6.61 Å². The molecule has 0 rings (SSSR count). The number of unbranched alkanes of at least 4 members (excludes halogenated alkanes) is 21. The number of esters is 1. The van der Waals surface area contributed by atoms with Crippen LogP contribution in [0.4, 0.5) is 0 Å². The van der Waals surface area contributed by atoms with Crippen LogP contribution in [0.5, 0.6) is 0 Å². The van der Waals surface area contributed by atoms with E-state index in [1.54, 1.807) is 0 Å². The Hall–Kier alpha value is -0.570. The number of carbonyl (C=O) groups is 1. The molecule has 0 aromatic heterocycles. The van der Waals surface area contributed by atoms with Gasteiger partial charge in [-0.3, -0.25) is 4.79 Å². The van der Waals surface area contributed by atoms with Crippen LogP contribution < -0.4 is 0 Å². The molecule has 0 aromatic carbocycles. The van der Waals surface area contributed by atoms with Crippen LogP contribution >= 0.6 is 0 Å². The molecule has 0 N–H and O–H groups in total. The van der Waals surface area contributed by atoms with Crippen molar-refractivity contribution in [2.45, 2.75) is 207 Å². The van der Waals surface area contributed by atoms with Crippen LogP contribution in [-0.4, -0.2) is 18.9 Å². The highest BCUT2D eigenvalue weighted by Gasteiger charge is 2.17. The predicted molar refractivity (Wildman–Crippen MR) is 167 cm³/mol. The number of hydrogen-bond acceptors (Lipinski definition) is 3. The molecule has 0 radical (unpaired) electrons. The Morgan fingerprint density at radius 3 is 1.21 bits per heavy atom. The average Bonchev–Trinajstić information content (AvgIpc) is 2.90. The lowest BCUT2D eigenvalue weighted by Gasteiger charge is -2.19. The van der Waals surface area contributed by atoms with Gasteiger partial charge in [0.25, 0.3) is 0 Å². The van der Waals surface area contributed by atoms with Crippen molar-refractivity contribution in [2.24, 2.45) is 5.92 Å². The molecule has 0 bridgehead atoms. The quantitative estimate of drug-likeness (QED) is 0.0500. The Kier molecular flexibility index (Phi) is 30.5. The molecule has 0 aliphatic heterocycles. The molecule has 0 heterocycles. The molecule has 2 unspecified atom stereocenters. The summed E-state index contributed by atoms with van der Waals surface area (Å²) < 4.78 is 11.2. The number of hydrogen-bond donors (Lipinski definition) is 0. The van der Waals surface area contributed by atoms with Crippen molar-refractivity contribution < 1.29 is 14.3 Å². The second-order valence-corrected chi connectivity index (χ2v) is 12.0. The molecular weight excluding hydrogens is 468 g/mol. The smallest absolute Gasteiger partial charge is 0.308 e. The summed E-state index contributed by atoms with van der Waals surface area (Å²) in [5.74, 6) is 0.410. The van der Waals surface area contributed by atoms with Crippen LogP contribution in [0.15, 0.2) is 0 Å². The largest absolute Gasteiger partial charge is 0.436 e. The summed E-state index contributed by atoms with van der Waals surface area (Å²) in [4.78, 5) is 12.6. The topological polar surface area (TPSA) is 35.5 Å². The molecule has 2 atom stereocenters. The minimum absolute atomic E-state index is 0.0648. The van der Waals surface area contributed by atoms with Gasteiger partial charge in [-0.05, 0) is 32.1 Å². The number of rotatable bonds is 31. The Labute approximate surface area is 240 Å². The van der Waals surface area contributed by atoms with Crippen LogP contribution in [0.3, 0.4) is 0 Å². The fourth-order valence-electron chi connectivity index (χ4n) is 5.44. The minimum Gasteiger partial charge on any atom is -0.436 e. The van der Waals surface area contributed by atoms with Crippen LogP contribution in [0.2, 0.25) is 0 Å². The van der Waals surface area contributed by atoms with Gasteiger partial charge in [0.2, 0.25) is 0 Å². The first-order valence-electron chi connectivity index (χ1n) is 17.4. The maximum atomic E-state index is 12.6. The third-order valence-electron chi connectivity index (χ3n) is 8.04. The minimum atomic E-state index is -0.418. The molecule has 3 nitrogen and oxygen atoms in total. The molecular formula is C35H70O3. The Balaban J connectivity index is 4.09. The zero-order valence-electron chi connectivity index (χ0n) is 26.7. The van der Waals surface area contributed by atoms with E-state index >= 15 is 0 Å². The standard InChI is InChI=1S/C35H70O3/c1-5-8-11-13-15-17-19-20-22-24-26-28-30-34(32-35(36)38-33(4)37-31-10-7-3)29-27-25-23-21-18-16-14-12-9-6-2/h33-34H,5-32H2,1-4H3. The van der Waals surface area contributed by atoms with Gasteiger partial charge in [-0.2, -0.15) is 0 Å². The first-order valence-corrected chi connectivity index (χ1v) is 17.4. The lowest BCUT2D eigenvalue weighted by Crippen LogP contribution is -2.21. The van der Waals surface area contributed by atoms with Crippen LogP contribution in [0.1, 0.15) is 201 Å². The van der Waals surface area contributed by atoms with Gasteiger partial charge in [0.1, 0.15) is 0 Å². The molecule has 0 aromatic rings. The highest BCUT2D eigenvalue weighted by atomic mass is 16.7. The van der Waals surface area contributed by atoms with E-state index < -0.39 is 6.29 Å². The molecule has 0 fully saturated rings. The van der Waals surface area contributed by atoms with Gasteiger partial charge >= 0.3 is 5.97 Å². The van der Waals surface area contributed by atoms with Crippen molar-refractivity contribution in [3.63, 3.8) is 0 Å². The molecule has 3 heteroatoms. The Morgan fingerprint density at radius 2 is 0.842 bits per heavy atom. The maximum absolute atomic E-state index is 12.6. The van der Waals surface area contributed by atoms with Crippen LogP contribution in [0.25, 0.3) is 0 Å². The summed E-state index contributed by atoms with van der Waals surface area (Å²) in [7, 11) is 0. The second kappa shape index (κ2) is 31.0. The fraction of sp³-hybridized carbons (Fsp3) is 0.971. The highest BCUT2D eigenvalue weighted by Crippen LogP contribution is 2.23. The van der Waals surface area contributed by atoms with E-state index in [1.807, 2.05) is 6.92 Å². The van der Waals surface area contributed by atoms with E-state index in [0.717, 1.165) is 12.8 Å². The first-order chi connectivity index (χ1) is 18.6. The maximum Gasteiger partial charge on any atom is 0.308 e. The summed E-state index contributed by atoms with van der Waals surface area (Å²) in [5.41, 5.74) is 0. The van der Waals surface area contributed by atoms with E-state index in [9.17, 15) is 4.79 Å². The zero-order valence-corrected chi connectivity index (χ0v) is 26.7. The van der Waals surface area contributed by atoms with Crippen molar-refractivity contribution >= 4 is 5.97 Å². The van der Waals surface area contributed by atoms with E-state index in [-0.39, 0.29) is 5.97 Å². The van der Waals surface area contributed by atoms with Gasteiger partial charge in [-0.15, -0.1) is 0 Å². The summed E-state index contributed by atoms with van der Waals surface area (Å²) in [6.07, 6.45) is 34.9. The van der Waals surface area contributed by atoms with E-state index in [2.05, 4.69) is 20.8 Å². The summed E-state index contributed by atoms with van der Waals surface area (Å²) in [6, 6.07) is 0. The predicted octanol–water partition coefficient (Wildman–Crippen LogP) is 12.1. The molecule has 0 amide bonds. The van der Waals surface area contributed by atoms with Crippen molar-refractivity contribution in [3.05, 3.63) is 0 Å². The Bertz CT molecular complexity index is 464. The van der Waals surface area contributed by atoms with E-state index in [1.165, 1.54) is 154 Å². The fourth-order valence-corrected chi connectivity index (χ4v) is 5.44. The first kappa shape index (κ1) is 37.4. The van der Waals surface area contributed by atoms with Crippen molar-refractivity contribution in [1.29, 1.82) is 0 Å². The van der Waals surface area contributed by atoms with Crippen molar-refractivity contribution in [1.82, 2.24) is 0 Å². The molecule has 0 saturated heterocycles. The van der Waals surface area contributed by atoms with Gasteiger partial charge in [0.15, 0.2) is 6.29 Å². The summed E-state index contributed by atoms with van der Waals surface area (Å²) in [5, 5.41) is 0. The molecule has 0 spiro atoms. The van der Waals surface area contributed by atoms with Crippen LogP contribution in [0, 0.1) is 5.92 Å². The lowest BCUT2D eigenvalue weighted by atomic mass is 9.91. The second-order valence-electron chi connectivity index (χ2n) is 12.0. The Morgan fingerprint density at radius 1 is 0.500 bits per heavy atom. The van der Waals surface area contributed by atoms with Gasteiger partial charge in [0, 0.05) is 6.42 Å². The van der Waals surface area contributed by atoms with E-state index in [4.69, 9.17) is 9.47 Å². The molecule has 38 heavy (non-hydrogen) atoms. The average molecular weight is 539 g/mol. The van der Waals surface area contributed by atoms with Gasteiger partial charge in [-0.25, -0.2) is 0 Å². The van der Waals surface area contributed by atoms with Crippen molar-refractivity contribution in [3.8, 4) is 0 Å². The lowest BCUT2D eigenvalue weighted by molar-refractivity contribution is -0.176.